The van der Waals surface area contributed by atoms with Crippen LogP contribution in [-0.2, 0) is 13.1 Å². The number of piperazine rings is 1. The van der Waals surface area contributed by atoms with Gasteiger partial charge in [-0.25, -0.2) is 9.97 Å². The van der Waals surface area contributed by atoms with Crippen LogP contribution in [0, 0.1) is 0 Å². The van der Waals surface area contributed by atoms with Gasteiger partial charge in [-0.2, -0.15) is 0 Å². The molecular formula is C23H34IN7O. The Morgan fingerprint density at radius 2 is 1.62 bits per heavy atom. The van der Waals surface area contributed by atoms with Gasteiger partial charge < -0.3 is 20.2 Å². The van der Waals surface area contributed by atoms with Gasteiger partial charge in [-0.15, -0.1) is 24.0 Å². The number of guanidine groups is 1. The van der Waals surface area contributed by atoms with E-state index in [0.717, 1.165) is 77.1 Å². The highest BCUT2D eigenvalue weighted by atomic mass is 127. The zero-order valence-corrected chi connectivity index (χ0v) is 21.1. The van der Waals surface area contributed by atoms with Gasteiger partial charge in [0.25, 0.3) is 0 Å². The maximum absolute atomic E-state index is 9.66. The SMILES string of the molecule is CN=C(NCc1ccc(CN2CCC(O)CC2)cc1)N1CCN(c2ncccn2)CC1.I. The lowest BCUT2D eigenvalue weighted by Gasteiger charge is -2.36. The first-order valence-corrected chi connectivity index (χ1v) is 11.2. The van der Waals surface area contributed by atoms with E-state index >= 15 is 0 Å². The fourth-order valence-corrected chi connectivity index (χ4v) is 4.18. The summed E-state index contributed by atoms with van der Waals surface area (Å²) in [5, 5.41) is 13.2. The third kappa shape index (κ3) is 6.76. The van der Waals surface area contributed by atoms with Gasteiger partial charge in [0.15, 0.2) is 5.96 Å². The lowest BCUT2D eigenvalue weighted by atomic mass is 10.1. The second kappa shape index (κ2) is 12.3. The molecule has 1 aromatic carbocycles. The fourth-order valence-electron chi connectivity index (χ4n) is 4.18. The molecule has 2 aliphatic rings. The van der Waals surface area contributed by atoms with Crippen LogP contribution >= 0.6 is 24.0 Å². The molecule has 0 aliphatic carbocycles. The van der Waals surface area contributed by atoms with Gasteiger partial charge in [0.05, 0.1) is 6.10 Å². The van der Waals surface area contributed by atoms with E-state index in [2.05, 4.69) is 59.2 Å². The number of hydrogen-bond donors (Lipinski definition) is 2. The molecule has 174 valence electrons. The summed E-state index contributed by atoms with van der Waals surface area (Å²) in [5.74, 6) is 1.73. The van der Waals surface area contributed by atoms with Crippen LogP contribution in [0.2, 0.25) is 0 Å². The van der Waals surface area contributed by atoms with E-state index in [1.54, 1.807) is 12.4 Å². The predicted octanol–water partition coefficient (Wildman–Crippen LogP) is 1.95. The largest absolute Gasteiger partial charge is 0.393 e. The Kier molecular flexibility index (Phi) is 9.49. The number of anilines is 1. The number of benzene rings is 1. The molecule has 2 saturated heterocycles. The summed E-state index contributed by atoms with van der Waals surface area (Å²) in [5.41, 5.74) is 2.57. The minimum absolute atomic E-state index is 0. The van der Waals surface area contributed by atoms with E-state index in [-0.39, 0.29) is 30.1 Å². The van der Waals surface area contributed by atoms with Crippen LogP contribution in [0.25, 0.3) is 0 Å². The molecule has 8 nitrogen and oxygen atoms in total. The maximum atomic E-state index is 9.66. The second-order valence-electron chi connectivity index (χ2n) is 8.25. The van der Waals surface area contributed by atoms with Crippen LogP contribution in [0.4, 0.5) is 5.95 Å². The molecule has 9 heteroatoms. The Bertz CT molecular complexity index is 833. The van der Waals surface area contributed by atoms with E-state index in [1.165, 1.54) is 11.1 Å². The molecule has 0 saturated carbocycles. The number of hydrogen-bond acceptors (Lipinski definition) is 6. The summed E-state index contributed by atoms with van der Waals surface area (Å²) in [4.78, 5) is 20.1. The Labute approximate surface area is 207 Å². The summed E-state index contributed by atoms with van der Waals surface area (Å²) in [6, 6.07) is 10.7. The van der Waals surface area contributed by atoms with Crippen molar-refractivity contribution in [2.45, 2.75) is 32.0 Å². The number of aliphatic imine (C=N–C) groups is 1. The molecule has 2 fully saturated rings. The molecule has 2 aliphatic heterocycles. The number of halogens is 1. The summed E-state index contributed by atoms with van der Waals surface area (Å²) >= 11 is 0. The van der Waals surface area contributed by atoms with Crippen molar-refractivity contribution in [1.29, 1.82) is 0 Å². The maximum Gasteiger partial charge on any atom is 0.225 e. The van der Waals surface area contributed by atoms with Crippen molar-refractivity contribution in [3.05, 3.63) is 53.9 Å². The Morgan fingerprint density at radius 3 is 2.25 bits per heavy atom. The van der Waals surface area contributed by atoms with Crippen LogP contribution in [-0.4, -0.2) is 83.3 Å². The highest BCUT2D eigenvalue weighted by Crippen LogP contribution is 2.15. The monoisotopic (exact) mass is 551 g/mol. The summed E-state index contributed by atoms with van der Waals surface area (Å²) in [6.45, 7) is 7.21. The number of nitrogens with zero attached hydrogens (tertiary/aromatic N) is 6. The Balaban J connectivity index is 0.00000289. The lowest BCUT2D eigenvalue weighted by molar-refractivity contribution is 0.0792. The molecule has 0 bridgehead atoms. The molecule has 0 unspecified atom stereocenters. The number of likely N-dealkylation sites (tertiary alicyclic amines) is 1. The summed E-state index contributed by atoms with van der Waals surface area (Å²) in [6.07, 6.45) is 5.23. The number of piperidine rings is 1. The van der Waals surface area contributed by atoms with Crippen molar-refractivity contribution in [2.24, 2.45) is 4.99 Å². The standard InChI is InChI=1S/C23H33N7O.HI/c1-24-22(29-13-15-30(16-14-29)23-25-9-2-10-26-23)27-17-19-3-5-20(6-4-19)18-28-11-7-21(31)8-12-28;/h2-6,9-10,21,31H,7-8,11-18H2,1H3,(H,24,27);1H. The topological polar surface area (TPSA) is 80.1 Å². The van der Waals surface area contributed by atoms with Gasteiger partial charge in [-0.3, -0.25) is 9.89 Å². The van der Waals surface area contributed by atoms with Crippen LogP contribution in [0.5, 0.6) is 0 Å². The lowest BCUT2D eigenvalue weighted by Crippen LogP contribution is -2.52. The molecule has 2 aromatic rings. The highest BCUT2D eigenvalue weighted by Gasteiger charge is 2.21. The molecule has 3 heterocycles. The molecule has 1 aromatic heterocycles. The van der Waals surface area contributed by atoms with E-state index in [1.807, 2.05) is 13.1 Å². The molecule has 0 atom stereocenters. The zero-order chi connectivity index (χ0) is 21.5. The Hall–Kier alpha value is -1.98. The van der Waals surface area contributed by atoms with Crippen LogP contribution in [0.3, 0.4) is 0 Å². The van der Waals surface area contributed by atoms with Crippen molar-refractivity contribution in [2.75, 3.05) is 51.2 Å². The first kappa shape index (κ1) is 24.7. The van der Waals surface area contributed by atoms with Gasteiger partial charge >= 0.3 is 0 Å². The van der Waals surface area contributed by atoms with E-state index in [4.69, 9.17) is 0 Å². The van der Waals surface area contributed by atoms with Crippen molar-refractivity contribution < 1.29 is 5.11 Å². The highest BCUT2D eigenvalue weighted by molar-refractivity contribution is 14.0. The molecule has 0 amide bonds. The average Bonchev–Trinajstić information content (AvgIpc) is 2.83. The normalized spacial score (nSPS) is 18.4. The third-order valence-electron chi connectivity index (χ3n) is 6.06. The minimum atomic E-state index is -0.117. The number of nitrogens with one attached hydrogen (secondary N) is 1. The van der Waals surface area contributed by atoms with E-state index in [9.17, 15) is 5.11 Å². The van der Waals surface area contributed by atoms with Gasteiger partial charge in [-0.1, -0.05) is 24.3 Å². The molecule has 0 radical (unpaired) electrons. The predicted molar refractivity (Wildman–Crippen MR) is 138 cm³/mol. The fraction of sp³-hybridized carbons (Fsp3) is 0.522. The molecule has 0 spiro atoms. The Morgan fingerprint density at radius 1 is 1.00 bits per heavy atom. The smallest absolute Gasteiger partial charge is 0.225 e. The molecule has 4 rings (SSSR count). The van der Waals surface area contributed by atoms with Crippen molar-refractivity contribution in [1.82, 2.24) is 25.1 Å². The van der Waals surface area contributed by atoms with Gasteiger partial charge in [0, 0.05) is 71.8 Å². The quantitative estimate of drug-likeness (QED) is 0.334. The first-order chi connectivity index (χ1) is 15.2. The molecule has 2 N–H and O–H groups in total. The molecular weight excluding hydrogens is 517 g/mol. The van der Waals surface area contributed by atoms with Gasteiger partial charge in [0.1, 0.15) is 0 Å². The minimum Gasteiger partial charge on any atom is -0.393 e. The number of aliphatic hydroxyl groups excluding tert-OH is 1. The van der Waals surface area contributed by atoms with Crippen LogP contribution < -0.4 is 10.2 Å². The summed E-state index contributed by atoms with van der Waals surface area (Å²) in [7, 11) is 1.84. The number of aliphatic hydroxyl groups is 1. The molecule has 32 heavy (non-hydrogen) atoms. The van der Waals surface area contributed by atoms with Crippen LogP contribution in [0.1, 0.15) is 24.0 Å². The van der Waals surface area contributed by atoms with E-state index < -0.39 is 0 Å². The van der Waals surface area contributed by atoms with Crippen molar-refractivity contribution >= 4 is 35.9 Å². The third-order valence-corrected chi connectivity index (χ3v) is 6.06. The van der Waals surface area contributed by atoms with Crippen molar-refractivity contribution in [3.8, 4) is 0 Å². The number of rotatable bonds is 5. The number of aromatic nitrogens is 2. The zero-order valence-electron chi connectivity index (χ0n) is 18.7. The first-order valence-electron chi connectivity index (χ1n) is 11.2. The van der Waals surface area contributed by atoms with Crippen molar-refractivity contribution in [3.63, 3.8) is 0 Å². The summed E-state index contributed by atoms with van der Waals surface area (Å²) < 4.78 is 0. The van der Waals surface area contributed by atoms with Gasteiger partial charge in [0.2, 0.25) is 5.95 Å². The average molecular weight is 551 g/mol. The van der Waals surface area contributed by atoms with Gasteiger partial charge in [-0.05, 0) is 30.0 Å². The van der Waals surface area contributed by atoms with E-state index in [0.29, 0.717) is 0 Å². The van der Waals surface area contributed by atoms with Crippen LogP contribution in [0.15, 0.2) is 47.7 Å². The second-order valence-corrected chi connectivity index (χ2v) is 8.25.